The van der Waals surface area contributed by atoms with Crippen molar-refractivity contribution in [3.63, 3.8) is 0 Å². The van der Waals surface area contributed by atoms with Crippen molar-refractivity contribution in [2.24, 2.45) is 0 Å². The van der Waals surface area contributed by atoms with E-state index in [1.807, 2.05) is 18.2 Å². The topological polar surface area (TPSA) is 93.7 Å². The first-order chi connectivity index (χ1) is 16.6. The van der Waals surface area contributed by atoms with Crippen LogP contribution >= 0.6 is 0 Å². The van der Waals surface area contributed by atoms with E-state index in [1.54, 1.807) is 17.0 Å². The molecule has 1 fully saturated rings. The molecule has 3 N–H and O–H groups in total. The number of carbonyl (C=O) groups excluding carboxylic acids is 1. The van der Waals surface area contributed by atoms with Crippen LogP contribution in [0.5, 0.6) is 11.5 Å². The average Bonchev–Trinajstić information content (AvgIpc) is 3.45. The highest BCUT2D eigenvalue weighted by Crippen LogP contribution is 2.32. The Morgan fingerprint density at radius 2 is 1.97 bits per heavy atom. The number of hydrogen-bond acceptors (Lipinski definition) is 6. The lowest BCUT2D eigenvalue weighted by Crippen LogP contribution is -2.44. The molecule has 8 nitrogen and oxygen atoms in total. The summed E-state index contributed by atoms with van der Waals surface area (Å²) in [5, 5.41) is 22.2. The molecule has 1 saturated heterocycles. The summed E-state index contributed by atoms with van der Waals surface area (Å²) >= 11 is 0. The van der Waals surface area contributed by atoms with Gasteiger partial charge < -0.3 is 20.1 Å². The first-order valence-corrected chi connectivity index (χ1v) is 12.3. The Bertz CT molecular complexity index is 1170. The number of ether oxygens (including phenoxy) is 1. The van der Waals surface area contributed by atoms with Crippen LogP contribution in [-0.2, 0) is 19.5 Å². The van der Waals surface area contributed by atoms with E-state index in [0.717, 1.165) is 85.5 Å². The number of aryl methyl sites for hydroxylation is 1. The van der Waals surface area contributed by atoms with Crippen LogP contribution in [0.15, 0.2) is 30.3 Å². The number of carbonyl (C=O) groups is 1. The van der Waals surface area contributed by atoms with Crippen LogP contribution in [0.2, 0.25) is 0 Å². The van der Waals surface area contributed by atoms with Crippen LogP contribution < -0.4 is 10.1 Å². The molecule has 0 bridgehead atoms. The summed E-state index contributed by atoms with van der Waals surface area (Å²) in [4.78, 5) is 17.5. The van der Waals surface area contributed by atoms with Crippen molar-refractivity contribution in [3.05, 3.63) is 52.7 Å². The van der Waals surface area contributed by atoms with Crippen molar-refractivity contribution < 1.29 is 14.6 Å². The zero-order valence-corrected chi connectivity index (χ0v) is 19.8. The van der Waals surface area contributed by atoms with Crippen molar-refractivity contribution in [2.45, 2.75) is 39.3 Å². The van der Waals surface area contributed by atoms with Gasteiger partial charge in [0.1, 0.15) is 18.1 Å². The van der Waals surface area contributed by atoms with E-state index >= 15 is 0 Å². The van der Waals surface area contributed by atoms with Gasteiger partial charge in [0.25, 0.3) is 5.91 Å². The fourth-order valence-electron chi connectivity index (χ4n) is 4.82. The molecule has 0 unspecified atom stereocenters. The number of aromatic nitrogens is 2. The van der Waals surface area contributed by atoms with Crippen molar-refractivity contribution in [1.82, 2.24) is 25.3 Å². The summed E-state index contributed by atoms with van der Waals surface area (Å²) in [7, 11) is 0. The van der Waals surface area contributed by atoms with E-state index in [2.05, 4.69) is 27.3 Å². The van der Waals surface area contributed by atoms with Crippen LogP contribution in [-0.4, -0.2) is 70.3 Å². The predicted molar refractivity (Wildman–Crippen MR) is 131 cm³/mol. The largest absolute Gasteiger partial charge is 0.507 e. The van der Waals surface area contributed by atoms with Crippen molar-refractivity contribution in [1.29, 1.82) is 0 Å². The summed E-state index contributed by atoms with van der Waals surface area (Å²) in [5.41, 5.74) is 4.24. The monoisotopic (exact) mass is 463 g/mol. The first kappa shape index (κ1) is 22.7. The zero-order valence-electron chi connectivity index (χ0n) is 19.8. The number of amides is 1. The van der Waals surface area contributed by atoms with Gasteiger partial charge in [-0.2, -0.15) is 5.10 Å². The number of nitrogens with one attached hydrogen (secondary N) is 2. The summed E-state index contributed by atoms with van der Waals surface area (Å²) in [6.07, 6.45) is 2.96. The average molecular weight is 464 g/mol. The molecular formula is C26H33N5O3. The minimum atomic E-state index is -0.167. The van der Waals surface area contributed by atoms with Gasteiger partial charge in [-0.25, -0.2) is 0 Å². The molecule has 0 atom stereocenters. The number of hydrogen-bond donors (Lipinski definition) is 3. The Balaban J connectivity index is 1.25. The number of fused-ring (bicyclic) bond motifs is 2. The third-order valence-corrected chi connectivity index (χ3v) is 6.83. The lowest BCUT2D eigenvalue weighted by molar-refractivity contribution is 0.0748. The molecule has 8 heteroatoms. The molecule has 3 heterocycles. The highest BCUT2D eigenvalue weighted by Gasteiger charge is 2.27. The van der Waals surface area contributed by atoms with E-state index in [0.29, 0.717) is 25.3 Å². The summed E-state index contributed by atoms with van der Waals surface area (Å²) in [6.45, 7) is 8.93. The molecule has 2 aliphatic rings. The molecule has 1 aromatic heterocycles. The molecule has 2 aromatic carbocycles. The number of H-pyrrole nitrogens is 1. The van der Waals surface area contributed by atoms with Crippen LogP contribution in [0.3, 0.4) is 0 Å². The second-order valence-electron chi connectivity index (χ2n) is 9.22. The van der Waals surface area contributed by atoms with Gasteiger partial charge in [-0.1, -0.05) is 19.4 Å². The second-order valence-corrected chi connectivity index (χ2v) is 9.22. The first-order valence-electron chi connectivity index (χ1n) is 12.3. The van der Waals surface area contributed by atoms with Gasteiger partial charge in [0, 0.05) is 57.3 Å². The van der Waals surface area contributed by atoms with Gasteiger partial charge >= 0.3 is 0 Å². The maximum absolute atomic E-state index is 13.4. The van der Waals surface area contributed by atoms with E-state index in [-0.39, 0.29) is 11.7 Å². The number of aromatic hydroxyl groups is 1. The van der Waals surface area contributed by atoms with E-state index < -0.39 is 0 Å². The maximum Gasteiger partial charge on any atom is 0.258 e. The second kappa shape index (κ2) is 10.0. The predicted octanol–water partition coefficient (Wildman–Crippen LogP) is 3.05. The molecule has 34 heavy (non-hydrogen) atoms. The fraction of sp³-hybridized carbons (Fsp3) is 0.462. The van der Waals surface area contributed by atoms with Gasteiger partial charge in [0.2, 0.25) is 0 Å². The molecule has 2 aliphatic heterocycles. The van der Waals surface area contributed by atoms with Gasteiger partial charge in [0.15, 0.2) is 0 Å². The maximum atomic E-state index is 13.4. The number of piperazine rings is 1. The standard InChI is InChI=1S/C26H33N5O3/c1-2-3-4-23-21-14-22(25(32)15-24(21)29-28-23)26(33)31-16-18-5-6-20(13-19(18)17-31)34-12-11-30-9-7-27-8-10-30/h5-6,13-15,27,32H,2-4,7-12,16-17H2,1H3,(H,28,29). The quantitative estimate of drug-likeness (QED) is 0.476. The van der Waals surface area contributed by atoms with Crippen LogP contribution in [0, 0.1) is 0 Å². The molecule has 5 rings (SSSR count). The third-order valence-electron chi connectivity index (χ3n) is 6.83. The normalized spacial score (nSPS) is 16.2. The van der Waals surface area contributed by atoms with E-state index in [4.69, 9.17) is 4.74 Å². The molecule has 0 saturated carbocycles. The van der Waals surface area contributed by atoms with Crippen molar-refractivity contribution in [3.8, 4) is 11.5 Å². The summed E-state index contributed by atoms with van der Waals surface area (Å²) < 4.78 is 6.00. The van der Waals surface area contributed by atoms with Gasteiger partial charge in [0.05, 0.1) is 16.8 Å². The van der Waals surface area contributed by atoms with E-state index in [1.165, 1.54) is 0 Å². The molecule has 1 amide bonds. The molecule has 0 spiro atoms. The lowest BCUT2D eigenvalue weighted by atomic mass is 10.1. The number of phenolic OH excluding ortho intramolecular Hbond substituents is 1. The highest BCUT2D eigenvalue weighted by molar-refractivity contribution is 6.01. The van der Waals surface area contributed by atoms with Crippen LogP contribution in [0.1, 0.15) is 46.9 Å². The van der Waals surface area contributed by atoms with Crippen LogP contribution in [0.25, 0.3) is 10.9 Å². The number of rotatable bonds is 8. The van der Waals surface area contributed by atoms with Crippen LogP contribution in [0.4, 0.5) is 0 Å². The van der Waals surface area contributed by atoms with Crippen molar-refractivity contribution >= 4 is 16.8 Å². The third kappa shape index (κ3) is 4.74. The SMILES string of the molecule is CCCCc1n[nH]c2cc(O)c(C(=O)N3Cc4ccc(OCCN5CCNCC5)cc4C3)cc12. The van der Waals surface area contributed by atoms with Gasteiger partial charge in [-0.05, 0) is 42.2 Å². The van der Waals surface area contributed by atoms with E-state index in [9.17, 15) is 9.90 Å². The Hall–Kier alpha value is -3.10. The molecule has 180 valence electrons. The molecule has 0 aliphatic carbocycles. The smallest absolute Gasteiger partial charge is 0.258 e. The number of unbranched alkanes of at least 4 members (excludes halogenated alkanes) is 1. The number of phenols is 1. The Labute approximate surface area is 199 Å². The lowest BCUT2D eigenvalue weighted by Gasteiger charge is -2.26. The molecule has 0 radical (unpaired) electrons. The Morgan fingerprint density at radius 1 is 1.15 bits per heavy atom. The highest BCUT2D eigenvalue weighted by atomic mass is 16.5. The Morgan fingerprint density at radius 3 is 2.79 bits per heavy atom. The summed E-state index contributed by atoms with van der Waals surface area (Å²) in [6, 6.07) is 9.47. The van der Waals surface area contributed by atoms with Gasteiger partial charge in [-0.15, -0.1) is 0 Å². The molecular weight excluding hydrogens is 430 g/mol. The minimum absolute atomic E-state index is 0.0175. The van der Waals surface area contributed by atoms with Crippen molar-refractivity contribution in [2.75, 3.05) is 39.3 Å². The zero-order chi connectivity index (χ0) is 23.5. The minimum Gasteiger partial charge on any atom is -0.507 e. The van der Waals surface area contributed by atoms with Gasteiger partial charge in [-0.3, -0.25) is 14.8 Å². The summed E-state index contributed by atoms with van der Waals surface area (Å²) in [5.74, 6) is 0.655. The number of nitrogens with zero attached hydrogens (tertiary/aromatic N) is 3. The number of aromatic amines is 1. The number of benzene rings is 2. The fourth-order valence-corrected chi connectivity index (χ4v) is 4.82. The Kier molecular flexibility index (Phi) is 6.69. The molecule has 3 aromatic rings.